The van der Waals surface area contributed by atoms with Gasteiger partial charge in [0.15, 0.2) is 0 Å². The number of nitrogens with two attached hydrogens (primary N) is 1. The molecule has 4 amide bonds. The van der Waals surface area contributed by atoms with E-state index in [9.17, 15) is 39.3 Å². The van der Waals surface area contributed by atoms with Crippen molar-refractivity contribution in [2.75, 3.05) is 32.8 Å². The van der Waals surface area contributed by atoms with E-state index < -0.39 is 59.8 Å². The molecule has 2 aromatic carbocycles. The maximum atomic E-state index is 14.0. The van der Waals surface area contributed by atoms with Crippen molar-refractivity contribution in [1.29, 1.82) is 0 Å². The Bertz CT molecular complexity index is 1430. The number of carboxylic acids is 1. The Morgan fingerprint density at radius 3 is 1.83 bits per heavy atom. The van der Waals surface area contributed by atoms with Crippen LogP contribution in [0.25, 0.3) is 0 Å². The van der Waals surface area contributed by atoms with E-state index in [1.807, 2.05) is 74.5 Å². The number of rotatable bonds is 22. The number of benzene rings is 2. The first kappa shape index (κ1) is 43.0. The zero-order valence-electron chi connectivity index (χ0n) is 30.9. The number of aliphatic hydroxyl groups excluding tert-OH is 2. The number of hydrogen-bond acceptors (Lipinski definition) is 9. The third kappa shape index (κ3) is 14.9. The van der Waals surface area contributed by atoms with Gasteiger partial charge in [0.05, 0.1) is 31.2 Å². The number of nitrogens with one attached hydrogen (secondary N) is 4. The largest absolute Gasteiger partial charge is 0.481 e. The highest BCUT2D eigenvalue weighted by Crippen LogP contribution is 2.19. The molecule has 0 aromatic heterocycles. The van der Waals surface area contributed by atoms with Crippen molar-refractivity contribution in [3.63, 3.8) is 0 Å². The van der Waals surface area contributed by atoms with Gasteiger partial charge in [-0.3, -0.25) is 24.0 Å². The van der Waals surface area contributed by atoms with E-state index in [1.165, 1.54) is 0 Å². The molecule has 0 radical (unpaired) electrons. The summed E-state index contributed by atoms with van der Waals surface area (Å²) in [4.78, 5) is 68.1. The Kier molecular flexibility index (Phi) is 18.4. The molecule has 0 bridgehead atoms. The van der Waals surface area contributed by atoms with Crippen molar-refractivity contribution in [3.8, 4) is 0 Å². The van der Waals surface area contributed by atoms with E-state index in [1.54, 1.807) is 4.90 Å². The van der Waals surface area contributed by atoms with Crippen LogP contribution in [0.3, 0.4) is 0 Å². The van der Waals surface area contributed by atoms with Gasteiger partial charge >= 0.3 is 5.97 Å². The van der Waals surface area contributed by atoms with Crippen LogP contribution in [0.15, 0.2) is 60.7 Å². The molecule has 3 rings (SSSR count). The Morgan fingerprint density at radius 2 is 1.28 bits per heavy atom. The average Bonchev–Trinajstić information content (AvgIpc) is 3.15. The summed E-state index contributed by atoms with van der Waals surface area (Å²) in [6.45, 7) is 4.34. The third-order valence-corrected chi connectivity index (χ3v) is 9.45. The highest BCUT2D eigenvalue weighted by Gasteiger charge is 2.34. The maximum Gasteiger partial charge on any atom is 0.306 e. The first-order chi connectivity index (χ1) is 25.4. The second-order valence-corrected chi connectivity index (χ2v) is 14.2. The summed E-state index contributed by atoms with van der Waals surface area (Å²) in [5, 5.41) is 39.7. The number of piperidine rings is 1. The summed E-state index contributed by atoms with van der Waals surface area (Å²) >= 11 is 0. The van der Waals surface area contributed by atoms with Gasteiger partial charge in [0.2, 0.25) is 23.6 Å². The van der Waals surface area contributed by atoms with Gasteiger partial charge in [-0.15, -0.1) is 0 Å². The van der Waals surface area contributed by atoms with Gasteiger partial charge in [0.1, 0.15) is 18.1 Å². The topological polar surface area (TPSA) is 223 Å². The Balaban J connectivity index is 1.76. The van der Waals surface area contributed by atoms with Crippen molar-refractivity contribution >= 4 is 29.6 Å². The zero-order chi connectivity index (χ0) is 38.8. The van der Waals surface area contributed by atoms with Crippen LogP contribution >= 0.6 is 0 Å². The Labute approximate surface area is 312 Å². The second kappa shape index (κ2) is 22.6. The fraction of sp³-hybridized carbons (Fsp3) is 0.564. The smallest absolute Gasteiger partial charge is 0.306 e. The van der Waals surface area contributed by atoms with E-state index in [-0.39, 0.29) is 63.8 Å². The lowest BCUT2D eigenvalue weighted by atomic mass is 9.96. The molecule has 0 spiro atoms. The molecule has 0 unspecified atom stereocenters. The molecule has 2 aromatic rings. The molecule has 9 N–H and O–H groups in total. The van der Waals surface area contributed by atoms with Gasteiger partial charge in [-0.2, -0.15) is 0 Å². The normalized spacial score (nSPS) is 15.7. The van der Waals surface area contributed by atoms with Crippen LogP contribution in [0.5, 0.6) is 0 Å². The summed E-state index contributed by atoms with van der Waals surface area (Å²) in [6.07, 6.45) is 2.70. The van der Waals surface area contributed by atoms with E-state index in [0.29, 0.717) is 32.2 Å². The second-order valence-electron chi connectivity index (χ2n) is 14.2. The van der Waals surface area contributed by atoms with Crippen LogP contribution in [0, 0.1) is 11.8 Å². The number of likely N-dealkylation sites (tertiary alicyclic amines) is 1. The average molecular weight is 739 g/mol. The number of amides is 4. The Morgan fingerprint density at radius 1 is 0.755 bits per heavy atom. The van der Waals surface area contributed by atoms with Gasteiger partial charge in [-0.1, -0.05) is 74.5 Å². The summed E-state index contributed by atoms with van der Waals surface area (Å²) in [7, 11) is 0. The van der Waals surface area contributed by atoms with Crippen LogP contribution < -0.4 is 27.0 Å². The van der Waals surface area contributed by atoms with Gasteiger partial charge in [0, 0.05) is 19.5 Å². The van der Waals surface area contributed by atoms with Crippen molar-refractivity contribution in [1.82, 2.24) is 26.2 Å². The summed E-state index contributed by atoms with van der Waals surface area (Å²) < 4.78 is 0. The van der Waals surface area contributed by atoms with Crippen molar-refractivity contribution < 1.29 is 39.3 Å². The highest BCUT2D eigenvalue weighted by atomic mass is 16.4. The van der Waals surface area contributed by atoms with Crippen LogP contribution in [0.4, 0.5) is 0 Å². The molecule has 0 aliphatic carbocycles. The maximum absolute atomic E-state index is 14.0. The molecule has 1 aliphatic heterocycles. The van der Waals surface area contributed by atoms with Crippen LogP contribution in [-0.4, -0.2) is 113 Å². The minimum absolute atomic E-state index is 0.0197. The van der Waals surface area contributed by atoms with Gasteiger partial charge in [-0.25, -0.2) is 0 Å². The molecule has 1 aliphatic rings. The van der Waals surface area contributed by atoms with Gasteiger partial charge < -0.3 is 47.2 Å². The highest BCUT2D eigenvalue weighted by molar-refractivity contribution is 5.95. The van der Waals surface area contributed by atoms with Crippen LogP contribution in [0.1, 0.15) is 63.5 Å². The van der Waals surface area contributed by atoms with Crippen molar-refractivity contribution in [2.24, 2.45) is 17.6 Å². The molecule has 14 nitrogen and oxygen atoms in total. The van der Waals surface area contributed by atoms with E-state index in [2.05, 4.69) is 21.3 Å². The zero-order valence-corrected chi connectivity index (χ0v) is 30.9. The molecular weight excluding hydrogens is 680 g/mol. The minimum atomic E-state index is -1.05. The fourth-order valence-corrected chi connectivity index (χ4v) is 6.34. The lowest BCUT2D eigenvalue weighted by Gasteiger charge is -2.34. The van der Waals surface area contributed by atoms with E-state index in [4.69, 9.17) is 5.73 Å². The minimum Gasteiger partial charge on any atom is -0.481 e. The first-order valence-corrected chi connectivity index (χ1v) is 18.6. The summed E-state index contributed by atoms with van der Waals surface area (Å²) in [5.41, 5.74) is 7.93. The first-order valence-electron chi connectivity index (χ1n) is 18.6. The van der Waals surface area contributed by atoms with E-state index >= 15 is 0 Å². The fourth-order valence-electron chi connectivity index (χ4n) is 6.34. The predicted molar refractivity (Wildman–Crippen MR) is 200 cm³/mol. The van der Waals surface area contributed by atoms with Crippen molar-refractivity contribution in [2.45, 2.75) is 95.4 Å². The van der Waals surface area contributed by atoms with Gasteiger partial charge in [-0.05, 0) is 68.5 Å². The van der Waals surface area contributed by atoms with E-state index in [0.717, 1.165) is 11.1 Å². The number of carbonyl (C=O) groups excluding carboxylic acids is 4. The number of hydrogen-bond donors (Lipinski definition) is 8. The number of unbranched alkanes of at least 4 members (excludes halogenated alkanes) is 1. The summed E-state index contributed by atoms with van der Waals surface area (Å²) in [6, 6.07) is 14.1. The number of nitrogens with zero attached hydrogens (tertiary/aromatic N) is 1. The van der Waals surface area contributed by atoms with Gasteiger partial charge in [0.25, 0.3) is 0 Å². The van der Waals surface area contributed by atoms with Crippen molar-refractivity contribution in [3.05, 3.63) is 71.8 Å². The number of carbonyl (C=O) groups is 5. The summed E-state index contributed by atoms with van der Waals surface area (Å²) in [5.74, 6) is -3.40. The molecule has 4 atom stereocenters. The molecular formula is C39H58N6O8. The monoisotopic (exact) mass is 738 g/mol. The van der Waals surface area contributed by atoms with Crippen LogP contribution in [0.2, 0.25) is 0 Å². The lowest BCUT2D eigenvalue weighted by molar-refractivity contribution is -0.146. The SMILES string of the molecule is CC(C)C[C@@H](NC(=O)[C@@H](Cc1ccccc1)NC(=O)[C@H](N)Cc1ccccc1)C(=O)N[C@H](CCCCNC(CO)CO)C(=O)N1CCC(C(=O)O)CC1. The molecule has 1 fully saturated rings. The van der Waals surface area contributed by atoms with Crippen LogP contribution in [-0.2, 0) is 36.8 Å². The molecule has 1 saturated heterocycles. The Hall–Kier alpha value is -4.37. The molecule has 53 heavy (non-hydrogen) atoms. The molecule has 0 saturated carbocycles. The lowest BCUT2D eigenvalue weighted by Crippen LogP contribution is -2.59. The number of aliphatic hydroxyl groups is 2. The number of carboxylic acid groups (broad SMARTS) is 1. The molecule has 14 heteroatoms. The number of aliphatic carboxylic acids is 1. The molecule has 292 valence electrons. The third-order valence-electron chi connectivity index (χ3n) is 9.45. The standard InChI is InChI=1S/C39H58N6O8/c1-26(2)21-33(44-37(50)34(23-28-13-7-4-8-14-28)43-35(48)31(40)22-27-11-5-3-6-12-27)36(49)42-32(15-9-10-18-41-30(24-46)25-47)38(51)45-19-16-29(17-20-45)39(52)53/h3-8,11-14,26,29-34,41,46-47H,9-10,15-25,40H2,1-2H3,(H,42,49)(H,43,48)(H,44,50)(H,52,53)/t31-,32-,33-,34-/m1/s1. The predicted octanol–water partition coefficient (Wildman–Crippen LogP) is 0.736. The quantitative estimate of drug-likeness (QED) is 0.0792. The molecule has 1 heterocycles.